The van der Waals surface area contributed by atoms with Gasteiger partial charge in [-0.3, -0.25) is 0 Å². The average molecular weight is 543 g/mol. The number of nitrogens with zero attached hydrogens (tertiary/aromatic N) is 3. The number of para-hydroxylation sites is 1. The quantitative estimate of drug-likeness (QED) is 0.369. The van der Waals surface area contributed by atoms with Gasteiger partial charge in [-0.25, -0.2) is 9.78 Å². The molecule has 2 bridgehead atoms. The van der Waals surface area contributed by atoms with Crippen LogP contribution in [0.25, 0.3) is 0 Å². The van der Waals surface area contributed by atoms with E-state index in [-0.39, 0.29) is 30.4 Å². The second-order valence-electron chi connectivity index (χ2n) is 11.2. The van der Waals surface area contributed by atoms with Crippen LogP contribution in [-0.2, 0) is 11.3 Å². The number of fused-ring (bicyclic) bond motifs is 2. The minimum atomic E-state index is -2.92. The van der Waals surface area contributed by atoms with E-state index in [2.05, 4.69) is 36.7 Å². The van der Waals surface area contributed by atoms with Gasteiger partial charge in [-0.15, -0.1) is 0 Å². The van der Waals surface area contributed by atoms with Crippen LogP contribution < -0.4 is 20.7 Å². The van der Waals surface area contributed by atoms with Gasteiger partial charge in [0.15, 0.2) is 0 Å². The van der Waals surface area contributed by atoms with E-state index in [1.165, 1.54) is 12.3 Å². The van der Waals surface area contributed by atoms with E-state index >= 15 is 0 Å². The normalized spacial score (nSPS) is 22.5. The molecule has 9 nitrogen and oxygen atoms in total. The number of aromatic nitrogens is 2. The van der Waals surface area contributed by atoms with Gasteiger partial charge in [0.05, 0.1) is 6.20 Å². The number of nitrogens with one attached hydrogen (secondary N) is 3. The molecule has 2 fully saturated rings. The van der Waals surface area contributed by atoms with Crippen molar-refractivity contribution < 1.29 is 23.0 Å². The van der Waals surface area contributed by atoms with Gasteiger partial charge in [-0.05, 0) is 70.3 Å². The Kier molecular flexibility index (Phi) is 9.04. The smallest absolute Gasteiger partial charge is 0.407 e. The van der Waals surface area contributed by atoms with Crippen molar-refractivity contribution in [1.29, 1.82) is 5.26 Å². The number of benzene rings is 1. The van der Waals surface area contributed by atoms with E-state index in [1.54, 1.807) is 18.2 Å². The lowest BCUT2D eigenvalue weighted by Crippen LogP contribution is -2.52. The molecular formula is C28H36F2N6O3. The summed E-state index contributed by atoms with van der Waals surface area (Å²) in [6, 6.07) is 8.75. The second-order valence-corrected chi connectivity index (χ2v) is 11.2. The molecule has 3 N–H and O–H groups in total. The summed E-state index contributed by atoms with van der Waals surface area (Å²) in [4.78, 5) is 21.1. The summed E-state index contributed by atoms with van der Waals surface area (Å²) >= 11 is 0. The van der Waals surface area contributed by atoms with Gasteiger partial charge in [0, 0.05) is 24.7 Å². The van der Waals surface area contributed by atoms with Crippen molar-refractivity contribution in [1.82, 2.24) is 15.3 Å². The highest BCUT2D eigenvalue weighted by Crippen LogP contribution is 2.43. The number of carbonyl (C=O) groups excluding carboxylic acids is 1. The van der Waals surface area contributed by atoms with Crippen molar-refractivity contribution in [2.75, 3.05) is 17.2 Å². The van der Waals surface area contributed by atoms with Gasteiger partial charge in [-0.1, -0.05) is 24.6 Å². The third-order valence-corrected chi connectivity index (χ3v) is 7.21. The number of halogens is 2. The van der Waals surface area contributed by atoms with Crippen molar-refractivity contribution in [2.24, 2.45) is 17.8 Å². The van der Waals surface area contributed by atoms with E-state index in [0.29, 0.717) is 41.2 Å². The Balaban J connectivity index is 1.36. The zero-order valence-corrected chi connectivity index (χ0v) is 22.5. The summed E-state index contributed by atoms with van der Waals surface area (Å²) in [7, 11) is 0. The molecular weight excluding hydrogens is 506 g/mol. The standard InChI is InChI=1S/C28H36F2N6O3/c1-28(2,3)39-27(37)35-23-18-8-6-9-19(23)12-17(11-18)14-32-24-21(13-31)16-34-26(36-24)33-15-20-7-4-5-10-22(20)38-25(29)30/h4-5,7,10,16-19,23,25H,6,8-9,11-12,14-15H2,1-3H3,(H,35,37)(H2,32,33,34,36)/t17?,18-,19+,23-. The number of alkyl carbamates (subject to hydrolysis) is 1. The molecule has 0 saturated heterocycles. The molecule has 11 heteroatoms. The fraction of sp³-hybridized carbons (Fsp3) is 0.571. The average Bonchev–Trinajstić information content (AvgIpc) is 2.85. The summed E-state index contributed by atoms with van der Waals surface area (Å²) < 4.78 is 35.5. The van der Waals surface area contributed by atoms with Crippen LogP contribution in [-0.4, -0.2) is 40.9 Å². The zero-order valence-electron chi connectivity index (χ0n) is 22.5. The molecule has 210 valence electrons. The molecule has 1 heterocycles. The van der Waals surface area contributed by atoms with Gasteiger partial charge in [0.1, 0.15) is 28.8 Å². The molecule has 4 atom stereocenters. The van der Waals surface area contributed by atoms with Crippen LogP contribution in [0, 0.1) is 29.1 Å². The van der Waals surface area contributed by atoms with Crippen molar-refractivity contribution in [2.45, 2.75) is 77.7 Å². The third kappa shape index (κ3) is 7.91. The number of hydrogen-bond donors (Lipinski definition) is 3. The van der Waals surface area contributed by atoms with Crippen LogP contribution >= 0.6 is 0 Å². The van der Waals surface area contributed by atoms with Crippen LogP contribution in [0.5, 0.6) is 5.75 Å². The van der Waals surface area contributed by atoms with Gasteiger partial charge in [0.25, 0.3) is 0 Å². The van der Waals surface area contributed by atoms with E-state index in [0.717, 1.165) is 32.1 Å². The Morgan fingerprint density at radius 3 is 2.56 bits per heavy atom. The number of anilines is 2. The Hall–Kier alpha value is -3.68. The molecule has 1 amide bonds. The monoisotopic (exact) mass is 542 g/mol. The fourth-order valence-electron chi connectivity index (χ4n) is 5.67. The van der Waals surface area contributed by atoms with Crippen LogP contribution in [0.2, 0.25) is 0 Å². The van der Waals surface area contributed by atoms with Crippen molar-refractivity contribution >= 4 is 17.9 Å². The van der Waals surface area contributed by atoms with Crippen LogP contribution in [0.4, 0.5) is 25.3 Å². The van der Waals surface area contributed by atoms with Crippen LogP contribution in [0.3, 0.4) is 0 Å². The molecule has 2 aliphatic rings. The fourth-order valence-corrected chi connectivity index (χ4v) is 5.67. The maximum Gasteiger partial charge on any atom is 0.407 e. The Morgan fingerprint density at radius 1 is 1.18 bits per heavy atom. The highest BCUT2D eigenvalue weighted by Gasteiger charge is 2.41. The van der Waals surface area contributed by atoms with Crippen molar-refractivity contribution in [3.63, 3.8) is 0 Å². The first-order valence-electron chi connectivity index (χ1n) is 13.4. The summed E-state index contributed by atoms with van der Waals surface area (Å²) in [5, 5.41) is 19.1. The maximum atomic E-state index is 12.7. The van der Waals surface area contributed by atoms with Crippen molar-refractivity contribution in [3.05, 3.63) is 41.6 Å². The summed E-state index contributed by atoms with van der Waals surface area (Å²) in [6.07, 6.45) is 6.29. The number of hydrogen-bond acceptors (Lipinski definition) is 8. The minimum Gasteiger partial charge on any atom is -0.444 e. The summed E-state index contributed by atoms with van der Waals surface area (Å²) in [6.45, 7) is 3.48. The second kappa shape index (κ2) is 12.5. The number of ether oxygens (including phenoxy) is 2. The molecule has 4 rings (SSSR count). The highest BCUT2D eigenvalue weighted by molar-refractivity contribution is 5.68. The van der Waals surface area contributed by atoms with Gasteiger partial charge < -0.3 is 25.4 Å². The number of alkyl halides is 2. The first-order chi connectivity index (χ1) is 18.6. The molecule has 1 aromatic heterocycles. The zero-order chi connectivity index (χ0) is 28.0. The highest BCUT2D eigenvalue weighted by atomic mass is 19.3. The van der Waals surface area contributed by atoms with E-state index in [4.69, 9.17) is 4.74 Å². The molecule has 0 radical (unpaired) electrons. The first-order valence-corrected chi connectivity index (χ1v) is 13.4. The lowest BCUT2D eigenvalue weighted by molar-refractivity contribution is -0.0504. The predicted molar refractivity (Wildman–Crippen MR) is 142 cm³/mol. The molecule has 39 heavy (non-hydrogen) atoms. The van der Waals surface area contributed by atoms with Crippen LogP contribution in [0.1, 0.15) is 64.0 Å². The molecule has 1 aromatic carbocycles. The Labute approximate surface area is 227 Å². The molecule has 0 aliphatic heterocycles. The van der Waals surface area contributed by atoms with Crippen LogP contribution in [0.15, 0.2) is 30.5 Å². The number of amides is 1. The largest absolute Gasteiger partial charge is 0.444 e. The van der Waals surface area contributed by atoms with Gasteiger partial charge in [0.2, 0.25) is 5.95 Å². The SMILES string of the molecule is CC(C)(C)OC(=O)N[C@@H]1[C@@H]2CCC[C@H]1CC(CNc1nc(NCc3ccccc3OC(F)F)ncc1C#N)C2. The number of carbonyl (C=O) groups is 1. The minimum absolute atomic E-state index is 0.0781. The number of rotatable bonds is 9. The summed E-state index contributed by atoms with van der Waals surface area (Å²) in [5.74, 6) is 1.90. The lowest BCUT2D eigenvalue weighted by atomic mass is 9.64. The topological polar surface area (TPSA) is 121 Å². The molecule has 0 spiro atoms. The van der Waals surface area contributed by atoms with Gasteiger partial charge >= 0.3 is 12.7 Å². The Bertz CT molecular complexity index is 1170. The predicted octanol–water partition coefficient (Wildman–Crippen LogP) is 5.69. The Morgan fingerprint density at radius 2 is 1.90 bits per heavy atom. The number of nitriles is 1. The third-order valence-electron chi connectivity index (χ3n) is 7.21. The lowest BCUT2D eigenvalue weighted by Gasteiger charge is -2.46. The molecule has 1 unspecified atom stereocenters. The van der Waals surface area contributed by atoms with E-state index in [9.17, 15) is 18.8 Å². The molecule has 2 aromatic rings. The summed E-state index contributed by atoms with van der Waals surface area (Å²) in [5.41, 5.74) is 0.318. The maximum absolute atomic E-state index is 12.7. The van der Waals surface area contributed by atoms with Crippen molar-refractivity contribution in [3.8, 4) is 11.8 Å². The van der Waals surface area contributed by atoms with Gasteiger partial charge in [-0.2, -0.15) is 19.0 Å². The molecule has 2 aliphatic carbocycles. The van der Waals surface area contributed by atoms with E-state index < -0.39 is 12.2 Å². The first kappa shape index (κ1) is 28.3. The molecule has 2 saturated carbocycles. The van der Waals surface area contributed by atoms with E-state index in [1.807, 2.05) is 20.8 Å².